The van der Waals surface area contributed by atoms with Gasteiger partial charge < -0.3 is 10.6 Å². The van der Waals surface area contributed by atoms with Crippen molar-refractivity contribution >= 4 is 5.69 Å². The average molecular weight is 336 g/mol. The number of nitrogens with two attached hydrogens (primary N) is 1. The molecule has 0 radical (unpaired) electrons. The molecular formula is C19H23F3N2. The van der Waals surface area contributed by atoms with Crippen LogP contribution in [0.1, 0.15) is 30.5 Å². The van der Waals surface area contributed by atoms with Crippen LogP contribution in [0, 0.1) is 0 Å². The van der Waals surface area contributed by atoms with Gasteiger partial charge in [0.2, 0.25) is 0 Å². The number of rotatable bonds is 6. The highest BCUT2D eigenvalue weighted by Crippen LogP contribution is 2.38. The summed E-state index contributed by atoms with van der Waals surface area (Å²) in [7, 11) is 0. The zero-order chi connectivity index (χ0) is 17.7. The van der Waals surface area contributed by atoms with Crippen LogP contribution in [0.2, 0.25) is 0 Å². The van der Waals surface area contributed by atoms with Crippen molar-refractivity contribution in [1.82, 2.24) is 0 Å². The molecule has 24 heavy (non-hydrogen) atoms. The Labute approximate surface area is 141 Å². The van der Waals surface area contributed by atoms with Crippen LogP contribution in [0.3, 0.4) is 0 Å². The number of anilines is 1. The number of nitrogens with zero attached hydrogens (tertiary/aromatic N) is 1. The minimum Gasteiger partial charge on any atom is -0.364 e. The summed E-state index contributed by atoms with van der Waals surface area (Å²) >= 11 is 0. The summed E-state index contributed by atoms with van der Waals surface area (Å²) in [6.45, 7) is 4.56. The van der Waals surface area contributed by atoms with Gasteiger partial charge in [-0.2, -0.15) is 13.2 Å². The van der Waals surface area contributed by atoms with Crippen molar-refractivity contribution in [2.45, 2.75) is 39.0 Å². The number of hydrogen-bond donors (Lipinski definition) is 1. The molecule has 2 aromatic carbocycles. The first-order valence-electron chi connectivity index (χ1n) is 8.03. The largest absolute Gasteiger partial charge is 0.418 e. The monoisotopic (exact) mass is 336 g/mol. The smallest absolute Gasteiger partial charge is 0.364 e. The maximum Gasteiger partial charge on any atom is 0.418 e. The maximum absolute atomic E-state index is 13.6. The molecule has 0 saturated carbocycles. The van der Waals surface area contributed by atoms with E-state index in [1.807, 2.05) is 44.2 Å². The van der Waals surface area contributed by atoms with Gasteiger partial charge in [-0.25, -0.2) is 0 Å². The second-order valence-corrected chi connectivity index (χ2v) is 6.10. The topological polar surface area (TPSA) is 29.3 Å². The van der Waals surface area contributed by atoms with Crippen LogP contribution in [-0.4, -0.2) is 12.6 Å². The summed E-state index contributed by atoms with van der Waals surface area (Å²) in [5, 5.41) is 0. The second kappa shape index (κ2) is 7.71. The zero-order valence-electron chi connectivity index (χ0n) is 14.0. The molecule has 0 aliphatic carbocycles. The Morgan fingerprint density at radius 2 is 1.67 bits per heavy atom. The van der Waals surface area contributed by atoms with Gasteiger partial charge in [-0.05, 0) is 50.1 Å². The lowest BCUT2D eigenvalue weighted by Gasteiger charge is -2.32. The molecule has 0 heterocycles. The van der Waals surface area contributed by atoms with Crippen molar-refractivity contribution in [3.63, 3.8) is 0 Å². The van der Waals surface area contributed by atoms with Crippen LogP contribution in [-0.2, 0) is 19.1 Å². The average Bonchev–Trinajstić information content (AvgIpc) is 2.53. The first-order valence-corrected chi connectivity index (χ1v) is 8.03. The number of benzene rings is 2. The Morgan fingerprint density at radius 3 is 2.21 bits per heavy atom. The Morgan fingerprint density at radius 1 is 1.00 bits per heavy atom. The van der Waals surface area contributed by atoms with Crippen LogP contribution < -0.4 is 10.6 Å². The molecule has 0 aromatic heterocycles. The molecule has 0 fully saturated rings. The van der Waals surface area contributed by atoms with Crippen molar-refractivity contribution in [2.24, 2.45) is 5.73 Å². The van der Waals surface area contributed by atoms with Gasteiger partial charge in [0, 0.05) is 18.3 Å². The molecule has 0 atom stereocenters. The van der Waals surface area contributed by atoms with Crippen LogP contribution >= 0.6 is 0 Å². The van der Waals surface area contributed by atoms with Gasteiger partial charge in [0.25, 0.3) is 0 Å². The van der Waals surface area contributed by atoms with Gasteiger partial charge in [0.1, 0.15) is 0 Å². The SMILES string of the molecule is CC(C)N(Cc1ccccc1)c1ccc(CCN)cc1C(F)(F)F. The van der Waals surface area contributed by atoms with Gasteiger partial charge in [-0.1, -0.05) is 36.4 Å². The number of halogens is 3. The highest BCUT2D eigenvalue weighted by molar-refractivity contribution is 5.57. The zero-order valence-corrected chi connectivity index (χ0v) is 14.0. The van der Waals surface area contributed by atoms with Crippen molar-refractivity contribution in [2.75, 3.05) is 11.4 Å². The van der Waals surface area contributed by atoms with Crippen LogP contribution in [0.5, 0.6) is 0 Å². The molecular weight excluding hydrogens is 313 g/mol. The Kier molecular flexibility index (Phi) is 5.89. The first kappa shape index (κ1) is 18.3. The molecule has 2 nitrogen and oxygen atoms in total. The van der Waals surface area contributed by atoms with Crippen LogP contribution in [0.15, 0.2) is 48.5 Å². The van der Waals surface area contributed by atoms with Crippen molar-refractivity contribution in [3.05, 3.63) is 65.2 Å². The minimum atomic E-state index is -4.40. The molecule has 0 aliphatic rings. The highest BCUT2D eigenvalue weighted by Gasteiger charge is 2.35. The minimum absolute atomic E-state index is 0.0633. The van der Waals surface area contributed by atoms with E-state index in [1.165, 1.54) is 6.07 Å². The molecule has 0 unspecified atom stereocenters. The van der Waals surface area contributed by atoms with E-state index in [0.29, 0.717) is 25.1 Å². The van der Waals surface area contributed by atoms with Gasteiger partial charge in [-0.15, -0.1) is 0 Å². The highest BCUT2D eigenvalue weighted by atomic mass is 19.4. The van der Waals surface area contributed by atoms with Crippen molar-refractivity contribution < 1.29 is 13.2 Å². The van der Waals surface area contributed by atoms with E-state index in [0.717, 1.165) is 5.56 Å². The fraction of sp³-hybridized carbons (Fsp3) is 0.368. The molecule has 0 spiro atoms. The molecule has 5 heteroatoms. The lowest BCUT2D eigenvalue weighted by Crippen LogP contribution is -2.32. The fourth-order valence-electron chi connectivity index (χ4n) is 2.71. The Hall–Kier alpha value is -2.01. The Balaban J connectivity index is 2.45. The summed E-state index contributed by atoms with van der Waals surface area (Å²) in [5.74, 6) is 0. The summed E-state index contributed by atoms with van der Waals surface area (Å²) in [4.78, 5) is 1.78. The molecule has 0 saturated heterocycles. The fourth-order valence-corrected chi connectivity index (χ4v) is 2.71. The van der Waals surface area contributed by atoms with Gasteiger partial charge in [0.05, 0.1) is 5.56 Å². The van der Waals surface area contributed by atoms with E-state index in [1.54, 1.807) is 17.0 Å². The molecule has 2 rings (SSSR count). The molecule has 0 aliphatic heterocycles. The lowest BCUT2D eigenvalue weighted by atomic mass is 10.0. The standard InChI is InChI=1S/C19H23F3N2/c1-14(2)24(13-16-6-4-3-5-7-16)18-9-8-15(10-11-23)12-17(18)19(20,21)22/h3-9,12,14H,10-11,13,23H2,1-2H3. The van der Waals surface area contributed by atoms with E-state index in [-0.39, 0.29) is 11.7 Å². The van der Waals surface area contributed by atoms with Crippen molar-refractivity contribution in [1.29, 1.82) is 0 Å². The second-order valence-electron chi connectivity index (χ2n) is 6.10. The third-order valence-corrected chi connectivity index (χ3v) is 3.93. The molecule has 0 amide bonds. The summed E-state index contributed by atoms with van der Waals surface area (Å²) in [6.07, 6.45) is -3.96. The van der Waals surface area contributed by atoms with E-state index in [4.69, 9.17) is 5.73 Å². The van der Waals surface area contributed by atoms with E-state index in [2.05, 4.69) is 0 Å². The quantitative estimate of drug-likeness (QED) is 0.834. The lowest BCUT2D eigenvalue weighted by molar-refractivity contribution is -0.137. The normalized spacial score (nSPS) is 11.8. The summed E-state index contributed by atoms with van der Waals surface area (Å²) in [6, 6.07) is 14.0. The van der Waals surface area contributed by atoms with Gasteiger partial charge in [0.15, 0.2) is 0 Å². The third-order valence-electron chi connectivity index (χ3n) is 3.93. The number of alkyl halides is 3. The molecule has 2 N–H and O–H groups in total. The maximum atomic E-state index is 13.6. The van der Waals surface area contributed by atoms with Crippen LogP contribution in [0.4, 0.5) is 18.9 Å². The van der Waals surface area contributed by atoms with Gasteiger partial charge in [-0.3, -0.25) is 0 Å². The summed E-state index contributed by atoms with van der Waals surface area (Å²) in [5.41, 5.74) is 6.67. The first-order chi connectivity index (χ1) is 11.3. The molecule has 0 bridgehead atoms. The predicted octanol–water partition coefficient (Wildman–Crippen LogP) is 4.62. The van der Waals surface area contributed by atoms with E-state index in [9.17, 15) is 13.2 Å². The number of hydrogen-bond acceptors (Lipinski definition) is 2. The van der Waals surface area contributed by atoms with Crippen LogP contribution in [0.25, 0.3) is 0 Å². The van der Waals surface area contributed by atoms with E-state index < -0.39 is 11.7 Å². The predicted molar refractivity (Wildman–Crippen MR) is 92.0 cm³/mol. The third kappa shape index (κ3) is 4.51. The van der Waals surface area contributed by atoms with Crippen molar-refractivity contribution in [3.8, 4) is 0 Å². The van der Waals surface area contributed by atoms with E-state index >= 15 is 0 Å². The Bertz CT molecular complexity index is 651. The molecule has 2 aromatic rings. The molecule has 130 valence electrons. The van der Waals surface area contributed by atoms with Gasteiger partial charge >= 0.3 is 6.18 Å². The summed E-state index contributed by atoms with van der Waals surface area (Å²) < 4.78 is 40.7.